The summed E-state index contributed by atoms with van der Waals surface area (Å²) < 4.78 is 0. The molecule has 2 rings (SSSR count). The monoisotopic (exact) mass is 268 g/mol. The summed E-state index contributed by atoms with van der Waals surface area (Å²) in [6.07, 6.45) is 3.70. The standard InChI is InChI=1S/C13H24N4S/c1-14-10-6-5-7-11-12(10)15-13(18-11)17(4)9-8-16(2)3/h10,14H,5-9H2,1-4H3. The second kappa shape index (κ2) is 5.99. The maximum Gasteiger partial charge on any atom is 0.185 e. The minimum Gasteiger partial charge on any atom is -0.350 e. The Kier molecular flexibility index (Phi) is 4.59. The number of likely N-dealkylation sites (N-methyl/N-ethyl adjacent to an activating group) is 2. The van der Waals surface area contributed by atoms with Gasteiger partial charge >= 0.3 is 0 Å². The van der Waals surface area contributed by atoms with Crippen LogP contribution < -0.4 is 10.2 Å². The van der Waals surface area contributed by atoms with E-state index in [1.807, 2.05) is 18.4 Å². The minimum atomic E-state index is 0.459. The van der Waals surface area contributed by atoms with Crippen molar-refractivity contribution in [3.05, 3.63) is 10.6 Å². The van der Waals surface area contributed by atoms with Crippen LogP contribution in [0.15, 0.2) is 0 Å². The lowest BCUT2D eigenvalue weighted by molar-refractivity contribution is 0.416. The van der Waals surface area contributed by atoms with E-state index in [2.05, 4.69) is 36.3 Å². The highest BCUT2D eigenvalue weighted by Crippen LogP contribution is 2.36. The summed E-state index contributed by atoms with van der Waals surface area (Å²) in [5, 5.41) is 4.55. The molecule has 0 saturated carbocycles. The molecule has 0 bridgehead atoms. The van der Waals surface area contributed by atoms with Gasteiger partial charge in [-0.3, -0.25) is 0 Å². The minimum absolute atomic E-state index is 0.459. The van der Waals surface area contributed by atoms with E-state index in [1.54, 1.807) is 0 Å². The molecule has 0 amide bonds. The molecule has 1 N–H and O–H groups in total. The zero-order valence-corrected chi connectivity index (χ0v) is 12.7. The fourth-order valence-electron chi connectivity index (χ4n) is 2.30. The molecule has 0 saturated heterocycles. The maximum absolute atomic E-state index is 4.84. The van der Waals surface area contributed by atoms with Crippen LogP contribution in [0.25, 0.3) is 0 Å². The molecular formula is C13H24N4S. The number of anilines is 1. The normalized spacial score (nSPS) is 19.1. The molecule has 5 heteroatoms. The summed E-state index contributed by atoms with van der Waals surface area (Å²) in [7, 11) is 8.40. The van der Waals surface area contributed by atoms with Crippen molar-refractivity contribution in [3.8, 4) is 0 Å². The van der Waals surface area contributed by atoms with Crippen molar-refractivity contribution in [2.45, 2.75) is 25.3 Å². The van der Waals surface area contributed by atoms with Gasteiger partial charge in [-0.25, -0.2) is 4.98 Å². The summed E-state index contributed by atoms with van der Waals surface area (Å²) in [6, 6.07) is 0.459. The second-order valence-corrected chi connectivity index (χ2v) is 6.33. The Hall–Kier alpha value is -0.650. The number of hydrogen-bond donors (Lipinski definition) is 1. The van der Waals surface area contributed by atoms with E-state index in [0.717, 1.165) is 13.1 Å². The first-order valence-electron chi connectivity index (χ1n) is 6.64. The van der Waals surface area contributed by atoms with Gasteiger partial charge in [0.05, 0.1) is 11.7 Å². The third-order valence-electron chi connectivity index (χ3n) is 3.50. The van der Waals surface area contributed by atoms with Gasteiger partial charge in [0.2, 0.25) is 0 Å². The van der Waals surface area contributed by atoms with Crippen molar-refractivity contribution in [2.75, 3.05) is 46.2 Å². The lowest BCUT2D eigenvalue weighted by Gasteiger charge is -2.20. The first-order valence-corrected chi connectivity index (χ1v) is 7.46. The van der Waals surface area contributed by atoms with Crippen LogP contribution in [0.3, 0.4) is 0 Å². The summed E-state index contributed by atoms with van der Waals surface area (Å²) in [5.41, 5.74) is 1.29. The summed E-state index contributed by atoms with van der Waals surface area (Å²) in [4.78, 5) is 10.8. The van der Waals surface area contributed by atoms with Crippen molar-refractivity contribution in [1.82, 2.24) is 15.2 Å². The number of thiazole rings is 1. The van der Waals surface area contributed by atoms with Gasteiger partial charge in [0, 0.05) is 25.0 Å². The van der Waals surface area contributed by atoms with E-state index >= 15 is 0 Å². The molecule has 4 nitrogen and oxygen atoms in total. The molecule has 1 aliphatic rings. The van der Waals surface area contributed by atoms with E-state index in [0.29, 0.717) is 6.04 Å². The van der Waals surface area contributed by atoms with Crippen LogP contribution in [0.1, 0.15) is 29.5 Å². The lowest BCUT2D eigenvalue weighted by Crippen LogP contribution is -2.28. The molecule has 0 radical (unpaired) electrons. The first-order chi connectivity index (χ1) is 8.61. The van der Waals surface area contributed by atoms with Crippen LogP contribution in [-0.4, -0.2) is 51.2 Å². The highest BCUT2D eigenvalue weighted by Gasteiger charge is 2.24. The van der Waals surface area contributed by atoms with Crippen molar-refractivity contribution < 1.29 is 0 Å². The molecule has 1 atom stereocenters. The van der Waals surface area contributed by atoms with E-state index in [-0.39, 0.29) is 0 Å². The molecule has 1 unspecified atom stereocenters. The van der Waals surface area contributed by atoms with Gasteiger partial charge in [0.1, 0.15) is 0 Å². The number of aromatic nitrogens is 1. The van der Waals surface area contributed by atoms with Crippen LogP contribution >= 0.6 is 11.3 Å². The van der Waals surface area contributed by atoms with E-state index < -0.39 is 0 Å². The number of nitrogens with one attached hydrogen (secondary N) is 1. The molecule has 0 fully saturated rings. The first kappa shape index (κ1) is 13.8. The largest absolute Gasteiger partial charge is 0.350 e. The number of aryl methyl sites for hydroxylation is 1. The molecule has 1 aliphatic carbocycles. The molecule has 102 valence electrons. The number of fused-ring (bicyclic) bond motifs is 1. The van der Waals surface area contributed by atoms with Gasteiger partial charge in [-0.15, -0.1) is 11.3 Å². The Morgan fingerprint density at radius 3 is 2.78 bits per heavy atom. The molecule has 0 aromatic carbocycles. The third-order valence-corrected chi connectivity index (χ3v) is 4.75. The Morgan fingerprint density at radius 2 is 2.11 bits per heavy atom. The Labute approximate surface area is 114 Å². The average molecular weight is 268 g/mol. The highest BCUT2D eigenvalue weighted by molar-refractivity contribution is 7.15. The fraction of sp³-hybridized carbons (Fsp3) is 0.769. The number of hydrogen-bond acceptors (Lipinski definition) is 5. The van der Waals surface area contributed by atoms with Gasteiger partial charge in [-0.1, -0.05) is 0 Å². The molecular weight excluding hydrogens is 244 g/mol. The second-order valence-electron chi connectivity index (χ2n) is 5.26. The average Bonchev–Trinajstić information content (AvgIpc) is 2.79. The van der Waals surface area contributed by atoms with Crippen molar-refractivity contribution in [2.24, 2.45) is 0 Å². The smallest absolute Gasteiger partial charge is 0.185 e. The Bertz CT molecular complexity index is 388. The van der Waals surface area contributed by atoms with Crippen LogP contribution in [-0.2, 0) is 6.42 Å². The topological polar surface area (TPSA) is 31.4 Å². The maximum atomic E-state index is 4.84. The molecule has 1 aromatic rings. The molecule has 18 heavy (non-hydrogen) atoms. The van der Waals surface area contributed by atoms with Crippen LogP contribution in [0.2, 0.25) is 0 Å². The summed E-state index contributed by atoms with van der Waals surface area (Å²) in [6.45, 7) is 2.10. The SMILES string of the molecule is CNC1CCCc2sc(N(C)CCN(C)C)nc21. The van der Waals surface area contributed by atoms with Crippen LogP contribution in [0.5, 0.6) is 0 Å². The van der Waals surface area contributed by atoms with E-state index in [9.17, 15) is 0 Å². The zero-order chi connectivity index (χ0) is 13.1. The molecule has 0 aliphatic heterocycles. The van der Waals surface area contributed by atoms with E-state index in [1.165, 1.54) is 35.0 Å². The van der Waals surface area contributed by atoms with Crippen LogP contribution in [0.4, 0.5) is 5.13 Å². The van der Waals surface area contributed by atoms with Crippen molar-refractivity contribution in [1.29, 1.82) is 0 Å². The predicted molar refractivity (Wildman–Crippen MR) is 78.7 cm³/mol. The van der Waals surface area contributed by atoms with Crippen LogP contribution in [0, 0.1) is 0 Å². The van der Waals surface area contributed by atoms with Crippen molar-refractivity contribution >= 4 is 16.5 Å². The van der Waals surface area contributed by atoms with Gasteiger partial charge in [0.25, 0.3) is 0 Å². The Morgan fingerprint density at radius 1 is 1.33 bits per heavy atom. The summed E-state index contributed by atoms with van der Waals surface area (Å²) >= 11 is 1.87. The lowest BCUT2D eigenvalue weighted by atomic mass is 9.98. The fourth-order valence-corrected chi connectivity index (χ4v) is 3.45. The highest BCUT2D eigenvalue weighted by atomic mass is 32.1. The molecule has 1 aromatic heterocycles. The number of rotatable bonds is 5. The van der Waals surface area contributed by atoms with E-state index in [4.69, 9.17) is 4.98 Å². The molecule has 0 spiro atoms. The van der Waals surface area contributed by atoms with Gasteiger partial charge in [-0.05, 0) is 40.4 Å². The number of nitrogens with zero attached hydrogens (tertiary/aromatic N) is 3. The third kappa shape index (κ3) is 3.02. The predicted octanol–water partition coefficient (Wildman–Crippen LogP) is 1.74. The zero-order valence-electron chi connectivity index (χ0n) is 11.9. The van der Waals surface area contributed by atoms with Gasteiger partial charge in [0.15, 0.2) is 5.13 Å². The quantitative estimate of drug-likeness (QED) is 0.881. The summed E-state index contributed by atoms with van der Waals surface area (Å²) in [5.74, 6) is 0. The Balaban J connectivity index is 2.08. The van der Waals surface area contributed by atoms with Gasteiger partial charge < -0.3 is 15.1 Å². The van der Waals surface area contributed by atoms with Gasteiger partial charge in [-0.2, -0.15) is 0 Å². The molecule has 1 heterocycles. The van der Waals surface area contributed by atoms with Crippen molar-refractivity contribution in [3.63, 3.8) is 0 Å².